The molecular formula is C27H23FN2O6. The fourth-order valence-corrected chi connectivity index (χ4v) is 4.10. The number of benzene rings is 2. The zero-order chi connectivity index (χ0) is 25.8. The van der Waals surface area contributed by atoms with Gasteiger partial charge < -0.3 is 19.5 Å². The van der Waals surface area contributed by atoms with Crippen molar-refractivity contribution in [1.82, 2.24) is 9.88 Å². The second-order valence-electron chi connectivity index (χ2n) is 7.98. The van der Waals surface area contributed by atoms with Crippen molar-refractivity contribution in [2.75, 3.05) is 13.7 Å². The summed E-state index contributed by atoms with van der Waals surface area (Å²) >= 11 is 0. The van der Waals surface area contributed by atoms with Crippen molar-refractivity contribution >= 4 is 23.4 Å². The Morgan fingerprint density at radius 2 is 1.89 bits per heavy atom. The molecule has 1 unspecified atom stereocenters. The summed E-state index contributed by atoms with van der Waals surface area (Å²) in [6, 6.07) is 12.3. The molecule has 36 heavy (non-hydrogen) atoms. The van der Waals surface area contributed by atoms with Crippen LogP contribution in [-0.4, -0.2) is 46.4 Å². The van der Waals surface area contributed by atoms with Crippen LogP contribution in [0.4, 0.5) is 4.39 Å². The van der Waals surface area contributed by atoms with Gasteiger partial charge in [-0.25, -0.2) is 9.18 Å². The number of carbonyl (C=O) groups excluding carboxylic acids is 3. The van der Waals surface area contributed by atoms with E-state index in [-0.39, 0.29) is 30.0 Å². The number of amides is 1. The van der Waals surface area contributed by atoms with E-state index in [0.29, 0.717) is 16.7 Å². The van der Waals surface area contributed by atoms with Gasteiger partial charge in [-0.1, -0.05) is 18.2 Å². The Morgan fingerprint density at radius 3 is 2.53 bits per heavy atom. The topological polar surface area (TPSA) is 106 Å². The highest BCUT2D eigenvalue weighted by atomic mass is 19.1. The fraction of sp³-hybridized carbons (Fsp3) is 0.185. The molecule has 0 aliphatic carbocycles. The summed E-state index contributed by atoms with van der Waals surface area (Å²) in [5.41, 5.74) is 1.21. The molecule has 1 atom stereocenters. The third-order valence-corrected chi connectivity index (χ3v) is 5.77. The Bertz CT molecular complexity index is 1340. The molecule has 1 N–H and O–H groups in total. The van der Waals surface area contributed by atoms with Crippen LogP contribution in [0.25, 0.3) is 5.76 Å². The largest absolute Gasteiger partial charge is 0.507 e. The van der Waals surface area contributed by atoms with Gasteiger partial charge in [0.1, 0.15) is 17.3 Å². The number of ether oxygens (including phenoxy) is 2. The molecule has 1 fully saturated rings. The monoisotopic (exact) mass is 490 g/mol. The number of pyridine rings is 1. The summed E-state index contributed by atoms with van der Waals surface area (Å²) in [7, 11) is 1.35. The van der Waals surface area contributed by atoms with Gasteiger partial charge in [-0.15, -0.1) is 0 Å². The van der Waals surface area contributed by atoms with E-state index in [4.69, 9.17) is 9.47 Å². The zero-order valence-corrected chi connectivity index (χ0v) is 19.6. The number of methoxy groups -OCH3 is 1. The molecule has 0 saturated carbocycles. The summed E-state index contributed by atoms with van der Waals surface area (Å²) in [6.45, 7) is 1.96. The lowest BCUT2D eigenvalue weighted by Crippen LogP contribution is -2.29. The van der Waals surface area contributed by atoms with Gasteiger partial charge in [-0.3, -0.25) is 14.6 Å². The molecule has 4 rings (SSSR count). The average molecular weight is 490 g/mol. The lowest BCUT2D eigenvalue weighted by atomic mass is 9.95. The molecule has 1 aromatic heterocycles. The van der Waals surface area contributed by atoms with E-state index in [1.54, 1.807) is 49.5 Å². The maximum atomic E-state index is 14.0. The van der Waals surface area contributed by atoms with Crippen molar-refractivity contribution in [3.63, 3.8) is 0 Å². The predicted molar refractivity (Wildman–Crippen MR) is 127 cm³/mol. The molecule has 184 valence electrons. The normalized spacial score (nSPS) is 16.8. The number of ketones is 1. The summed E-state index contributed by atoms with van der Waals surface area (Å²) in [6.07, 6.45) is 3.03. The molecule has 0 spiro atoms. The summed E-state index contributed by atoms with van der Waals surface area (Å²) in [4.78, 5) is 43.7. The van der Waals surface area contributed by atoms with Gasteiger partial charge in [-0.05, 0) is 54.4 Å². The van der Waals surface area contributed by atoms with Crippen molar-refractivity contribution in [2.24, 2.45) is 0 Å². The van der Waals surface area contributed by atoms with Crippen LogP contribution in [0.1, 0.15) is 40.0 Å². The fourth-order valence-electron chi connectivity index (χ4n) is 4.10. The van der Waals surface area contributed by atoms with Gasteiger partial charge in [0.25, 0.3) is 11.7 Å². The standard InChI is InChI=1S/C27H23FN2O6/c1-3-36-27(34)17-8-6-16(7-9-17)15-30-23(18-5-4-12-29-14-18)22(25(32)26(30)33)24(31)20-13-19(28)10-11-21(20)35-2/h4-14,23,31H,3,15H2,1-2H3/b24-22+. The number of halogens is 1. The molecule has 1 aliphatic heterocycles. The van der Waals surface area contributed by atoms with E-state index >= 15 is 0 Å². The number of rotatable bonds is 7. The Balaban J connectivity index is 1.79. The number of aromatic nitrogens is 1. The molecule has 0 bridgehead atoms. The molecule has 3 aromatic rings. The number of nitrogens with zero attached hydrogens (tertiary/aromatic N) is 2. The third kappa shape index (κ3) is 4.68. The lowest BCUT2D eigenvalue weighted by Gasteiger charge is -2.25. The highest BCUT2D eigenvalue weighted by Crippen LogP contribution is 2.41. The molecule has 2 aromatic carbocycles. The SMILES string of the molecule is CCOC(=O)c1ccc(CN2C(=O)C(=O)/C(=C(/O)c3cc(F)ccc3OC)C2c2cccnc2)cc1. The highest BCUT2D eigenvalue weighted by Gasteiger charge is 2.46. The van der Waals surface area contributed by atoms with Gasteiger partial charge in [-0.2, -0.15) is 0 Å². The van der Waals surface area contributed by atoms with Gasteiger partial charge in [0.2, 0.25) is 0 Å². The van der Waals surface area contributed by atoms with Crippen LogP contribution in [0.3, 0.4) is 0 Å². The van der Waals surface area contributed by atoms with Gasteiger partial charge in [0, 0.05) is 18.9 Å². The first kappa shape index (κ1) is 24.6. The molecule has 8 nitrogen and oxygen atoms in total. The quantitative estimate of drug-likeness (QED) is 0.231. The number of hydrogen-bond acceptors (Lipinski definition) is 7. The van der Waals surface area contributed by atoms with E-state index in [2.05, 4.69) is 4.98 Å². The summed E-state index contributed by atoms with van der Waals surface area (Å²) in [5.74, 6) is -3.29. The van der Waals surface area contributed by atoms with Crippen LogP contribution in [0.15, 0.2) is 72.6 Å². The van der Waals surface area contributed by atoms with Crippen molar-refractivity contribution in [2.45, 2.75) is 19.5 Å². The number of aliphatic hydroxyl groups excluding tert-OH is 1. The molecule has 1 aliphatic rings. The second-order valence-corrected chi connectivity index (χ2v) is 7.98. The van der Waals surface area contributed by atoms with E-state index in [0.717, 1.165) is 12.1 Å². The van der Waals surface area contributed by atoms with E-state index < -0.39 is 35.3 Å². The molecule has 9 heteroatoms. The van der Waals surface area contributed by atoms with Gasteiger partial charge >= 0.3 is 5.97 Å². The van der Waals surface area contributed by atoms with Crippen LogP contribution in [0.5, 0.6) is 5.75 Å². The number of likely N-dealkylation sites (tertiary alicyclic amines) is 1. The number of Topliss-reactive ketones (excluding diaryl/α,β-unsaturated/α-hetero) is 1. The van der Waals surface area contributed by atoms with E-state index in [1.807, 2.05) is 0 Å². The maximum absolute atomic E-state index is 14.0. The minimum Gasteiger partial charge on any atom is -0.507 e. The minimum absolute atomic E-state index is 0.00427. The number of aliphatic hydroxyl groups is 1. The minimum atomic E-state index is -0.989. The molecule has 0 radical (unpaired) electrons. The van der Waals surface area contributed by atoms with Crippen LogP contribution < -0.4 is 4.74 Å². The third-order valence-electron chi connectivity index (χ3n) is 5.77. The molecular weight excluding hydrogens is 467 g/mol. The molecule has 1 saturated heterocycles. The maximum Gasteiger partial charge on any atom is 0.338 e. The number of esters is 1. The van der Waals surface area contributed by atoms with E-state index in [9.17, 15) is 23.9 Å². The van der Waals surface area contributed by atoms with E-state index in [1.165, 1.54) is 24.3 Å². The van der Waals surface area contributed by atoms with Crippen LogP contribution in [-0.2, 0) is 20.9 Å². The molecule has 2 heterocycles. The van der Waals surface area contributed by atoms with Crippen LogP contribution >= 0.6 is 0 Å². The summed E-state index contributed by atoms with van der Waals surface area (Å²) < 4.78 is 24.3. The Hall–Kier alpha value is -4.53. The highest BCUT2D eigenvalue weighted by molar-refractivity contribution is 6.46. The predicted octanol–water partition coefficient (Wildman–Crippen LogP) is 4.03. The van der Waals surface area contributed by atoms with Crippen LogP contribution in [0.2, 0.25) is 0 Å². The van der Waals surface area contributed by atoms with Crippen molar-refractivity contribution in [3.05, 3.63) is 101 Å². The second kappa shape index (κ2) is 10.4. The first-order chi connectivity index (χ1) is 17.3. The molecule has 1 amide bonds. The Kier molecular flexibility index (Phi) is 7.10. The van der Waals surface area contributed by atoms with Gasteiger partial charge in [0.15, 0.2) is 0 Å². The summed E-state index contributed by atoms with van der Waals surface area (Å²) in [5, 5.41) is 11.2. The lowest BCUT2D eigenvalue weighted by molar-refractivity contribution is -0.140. The van der Waals surface area contributed by atoms with Crippen molar-refractivity contribution < 1.29 is 33.4 Å². The Labute approximate surface area is 206 Å². The smallest absolute Gasteiger partial charge is 0.338 e. The first-order valence-electron chi connectivity index (χ1n) is 11.1. The number of carbonyl (C=O) groups is 3. The zero-order valence-electron chi connectivity index (χ0n) is 19.6. The Morgan fingerprint density at radius 1 is 1.14 bits per heavy atom. The van der Waals surface area contributed by atoms with Crippen molar-refractivity contribution in [1.29, 1.82) is 0 Å². The first-order valence-corrected chi connectivity index (χ1v) is 11.1. The van der Waals surface area contributed by atoms with Gasteiger partial charge in [0.05, 0.1) is 36.5 Å². The van der Waals surface area contributed by atoms with Crippen molar-refractivity contribution in [3.8, 4) is 5.75 Å². The van der Waals surface area contributed by atoms with Crippen LogP contribution in [0, 0.1) is 5.82 Å². The average Bonchev–Trinajstić information content (AvgIpc) is 3.14. The number of hydrogen-bond donors (Lipinski definition) is 1.